The molecule has 0 aliphatic carbocycles. The van der Waals surface area contributed by atoms with Crippen LogP contribution in [0, 0.1) is 37.0 Å². The van der Waals surface area contributed by atoms with E-state index in [1.807, 2.05) is 26.0 Å². The van der Waals surface area contributed by atoms with Gasteiger partial charge in [-0.25, -0.2) is 0 Å². The quantitative estimate of drug-likeness (QED) is 0.203. The molecule has 0 fully saturated rings. The summed E-state index contributed by atoms with van der Waals surface area (Å²) in [5, 5.41) is 0. The molecule has 0 heterocycles. The third kappa shape index (κ3) is 7.59. The van der Waals surface area contributed by atoms with Crippen LogP contribution >= 0.6 is 0 Å². The molecule has 1 radical (unpaired) electrons. The van der Waals surface area contributed by atoms with Crippen molar-refractivity contribution in [3.8, 4) is 0 Å². The average molecular weight is 538 g/mol. The number of aryl methyl sites for hydroxylation is 1. The summed E-state index contributed by atoms with van der Waals surface area (Å²) in [5.74, 6) is 1.28. The van der Waals surface area contributed by atoms with Crippen LogP contribution < -0.4 is 5.46 Å². The maximum Gasteiger partial charge on any atom is 0.328 e. The summed E-state index contributed by atoms with van der Waals surface area (Å²) in [5.41, 5.74) is 2.52. The van der Waals surface area contributed by atoms with E-state index in [1.54, 1.807) is 14.4 Å². The molecular formula is C19H29BO2U-. The van der Waals surface area contributed by atoms with E-state index in [2.05, 4.69) is 26.8 Å². The maximum atomic E-state index is 11.9. The Labute approximate surface area is 166 Å². The molecule has 125 valence electrons. The Bertz CT molecular complexity index is 498. The van der Waals surface area contributed by atoms with Crippen molar-refractivity contribution in [2.45, 2.75) is 72.8 Å². The second-order valence-corrected chi connectivity index (χ2v) is 6.68. The maximum absolute atomic E-state index is 11.9. The van der Waals surface area contributed by atoms with Crippen molar-refractivity contribution < 1.29 is 40.6 Å². The molecule has 23 heavy (non-hydrogen) atoms. The number of benzene rings is 1. The minimum atomic E-state index is -0.326. The number of rotatable bonds is 9. The molecule has 0 bridgehead atoms. The minimum absolute atomic E-state index is 0. The molecule has 0 spiro atoms. The SMILES string of the molecule is CCCCCc1ccc([B]OC(C)(C)[C-](C)C)c(C(C)=O)c1.[U]. The van der Waals surface area contributed by atoms with E-state index in [-0.39, 0.29) is 42.5 Å². The summed E-state index contributed by atoms with van der Waals surface area (Å²) in [6.45, 7) is 12.0. The molecule has 0 saturated carbocycles. The molecule has 0 aliphatic rings. The van der Waals surface area contributed by atoms with Crippen LogP contribution in [0.2, 0.25) is 0 Å². The molecular weight excluding hydrogens is 509 g/mol. The molecule has 0 amide bonds. The first-order chi connectivity index (χ1) is 10.3. The number of carbonyl (C=O) groups excluding carboxylic acids is 1. The normalized spacial score (nSPS) is 11.3. The van der Waals surface area contributed by atoms with Gasteiger partial charge >= 0.3 is 7.48 Å². The fraction of sp³-hybridized carbons (Fsp3) is 0.579. The third-order valence-electron chi connectivity index (χ3n) is 4.25. The zero-order valence-electron chi connectivity index (χ0n) is 15.5. The molecule has 4 heteroatoms. The second kappa shape index (κ2) is 10.8. The summed E-state index contributed by atoms with van der Waals surface area (Å²) in [6.07, 6.45) is 4.64. The van der Waals surface area contributed by atoms with Crippen LogP contribution in [0.25, 0.3) is 0 Å². The molecule has 0 aliphatic heterocycles. The summed E-state index contributed by atoms with van der Waals surface area (Å²) in [4.78, 5) is 11.9. The van der Waals surface area contributed by atoms with Crippen LogP contribution in [0.4, 0.5) is 0 Å². The number of Topliss-reactive ketones (excluding diaryl/α,β-unsaturated/α-hetero) is 1. The summed E-state index contributed by atoms with van der Waals surface area (Å²) < 4.78 is 5.89. The summed E-state index contributed by atoms with van der Waals surface area (Å²) in [6, 6.07) is 6.12. The number of hydrogen-bond donors (Lipinski definition) is 0. The fourth-order valence-electron chi connectivity index (χ4n) is 2.07. The van der Waals surface area contributed by atoms with Gasteiger partial charge in [0.1, 0.15) is 0 Å². The van der Waals surface area contributed by atoms with Gasteiger partial charge in [-0.15, -0.1) is 0 Å². The van der Waals surface area contributed by atoms with Crippen molar-refractivity contribution in [1.29, 1.82) is 0 Å². The van der Waals surface area contributed by atoms with E-state index in [4.69, 9.17) is 4.65 Å². The zero-order valence-corrected chi connectivity index (χ0v) is 19.6. The predicted octanol–water partition coefficient (Wildman–Crippen LogP) is 4.28. The molecule has 0 saturated heterocycles. The standard InChI is InChI=1S/C19H29BO2.U/c1-7-8-9-10-16-11-12-18(17(13-16)15(4)21)20-22-19(5,6)14(2)3;/h11-13H,7-10H2,1-6H3;/q-1;. The Morgan fingerprint density at radius 3 is 2.43 bits per heavy atom. The zero-order chi connectivity index (χ0) is 16.8. The van der Waals surface area contributed by atoms with E-state index >= 15 is 0 Å². The van der Waals surface area contributed by atoms with Crippen molar-refractivity contribution >= 4 is 18.7 Å². The van der Waals surface area contributed by atoms with Crippen molar-refractivity contribution in [2.75, 3.05) is 0 Å². The summed E-state index contributed by atoms with van der Waals surface area (Å²) >= 11 is 0. The van der Waals surface area contributed by atoms with Gasteiger partial charge in [-0.2, -0.15) is 13.8 Å². The monoisotopic (exact) mass is 538 g/mol. The van der Waals surface area contributed by atoms with Crippen molar-refractivity contribution in [3.63, 3.8) is 0 Å². The van der Waals surface area contributed by atoms with E-state index in [9.17, 15) is 4.79 Å². The van der Waals surface area contributed by atoms with Gasteiger partial charge < -0.3 is 4.65 Å². The molecule has 0 aromatic heterocycles. The number of hydrogen-bond acceptors (Lipinski definition) is 2. The molecule has 0 atom stereocenters. The Balaban J connectivity index is 0.00000484. The minimum Gasteiger partial charge on any atom is -0.460 e. The first kappa shape index (κ1) is 23.0. The van der Waals surface area contributed by atoms with Crippen molar-refractivity contribution in [3.05, 3.63) is 35.2 Å². The van der Waals surface area contributed by atoms with Gasteiger partial charge in [0.2, 0.25) is 0 Å². The second-order valence-electron chi connectivity index (χ2n) is 6.68. The van der Waals surface area contributed by atoms with E-state index < -0.39 is 0 Å². The molecule has 1 aromatic rings. The van der Waals surface area contributed by atoms with Crippen LogP contribution in [0.15, 0.2) is 18.2 Å². The van der Waals surface area contributed by atoms with Gasteiger partial charge in [0.25, 0.3) is 0 Å². The van der Waals surface area contributed by atoms with Crippen LogP contribution in [0.3, 0.4) is 0 Å². The van der Waals surface area contributed by atoms with Gasteiger partial charge in [0, 0.05) is 36.7 Å². The Morgan fingerprint density at radius 2 is 1.91 bits per heavy atom. The van der Waals surface area contributed by atoms with Gasteiger partial charge in [0.05, 0.1) is 0 Å². The van der Waals surface area contributed by atoms with Crippen LogP contribution in [0.5, 0.6) is 0 Å². The van der Waals surface area contributed by atoms with Gasteiger partial charge in [-0.3, -0.25) is 10.7 Å². The molecule has 0 unspecified atom stereocenters. The first-order valence-corrected chi connectivity index (χ1v) is 8.23. The predicted molar refractivity (Wildman–Crippen MR) is 94.8 cm³/mol. The first-order valence-electron chi connectivity index (χ1n) is 8.23. The van der Waals surface area contributed by atoms with Crippen molar-refractivity contribution in [1.82, 2.24) is 0 Å². The Kier molecular flexibility index (Phi) is 10.7. The molecule has 0 N–H and O–H groups in total. The molecule has 1 aromatic carbocycles. The van der Waals surface area contributed by atoms with Crippen LogP contribution in [-0.4, -0.2) is 18.9 Å². The van der Waals surface area contributed by atoms with Crippen LogP contribution in [-0.2, 0) is 11.1 Å². The number of ketones is 1. The topological polar surface area (TPSA) is 26.3 Å². The van der Waals surface area contributed by atoms with Gasteiger partial charge in [0.15, 0.2) is 5.78 Å². The Morgan fingerprint density at radius 1 is 1.26 bits per heavy atom. The van der Waals surface area contributed by atoms with Crippen LogP contribution in [0.1, 0.15) is 76.7 Å². The molecule has 1 rings (SSSR count). The van der Waals surface area contributed by atoms with Gasteiger partial charge in [-0.1, -0.05) is 51.3 Å². The van der Waals surface area contributed by atoms with E-state index in [0.29, 0.717) is 0 Å². The van der Waals surface area contributed by atoms with Gasteiger partial charge in [-0.05, 0) is 36.9 Å². The molecule has 2 nitrogen and oxygen atoms in total. The fourth-order valence-corrected chi connectivity index (χ4v) is 2.07. The average Bonchev–Trinajstić information content (AvgIpc) is 2.45. The Hall–Kier alpha value is -0.0331. The number of unbranched alkanes of at least 4 members (excludes halogenated alkanes) is 2. The number of carbonyl (C=O) groups is 1. The largest absolute Gasteiger partial charge is 0.460 e. The van der Waals surface area contributed by atoms with E-state index in [0.717, 1.165) is 17.4 Å². The summed E-state index contributed by atoms with van der Waals surface area (Å²) in [7, 11) is 1.72. The van der Waals surface area contributed by atoms with E-state index in [1.165, 1.54) is 30.7 Å². The third-order valence-corrected chi connectivity index (χ3v) is 4.25. The van der Waals surface area contributed by atoms with Crippen molar-refractivity contribution in [2.24, 2.45) is 0 Å². The smallest absolute Gasteiger partial charge is 0.328 e.